The second kappa shape index (κ2) is 12.1. The van der Waals surface area contributed by atoms with Crippen LogP contribution in [0.1, 0.15) is 0 Å². The van der Waals surface area contributed by atoms with Gasteiger partial charge in [0.1, 0.15) is 0 Å². The molecule has 0 spiro atoms. The van der Waals surface area contributed by atoms with Gasteiger partial charge in [-0.2, -0.15) is 0 Å². The summed E-state index contributed by atoms with van der Waals surface area (Å²) in [6.07, 6.45) is 3.73. The second-order valence-corrected chi connectivity index (χ2v) is 13.5. The molecule has 6 nitrogen and oxygen atoms in total. The molecule has 0 saturated heterocycles. The highest BCUT2D eigenvalue weighted by molar-refractivity contribution is 6.17. The first kappa shape index (κ1) is 30.2. The smallest absolute Gasteiger partial charge is 0.235 e. The third kappa shape index (κ3) is 4.53. The van der Waals surface area contributed by atoms with Crippen LogP contribution in [0.5, 0.6) is 0 Å². The molecule has 6 aromatic carbocycles. The van der Waals surface area contributed by atoms with Gasteiger partial charge in [0, 0.05) is 56.5 Å². The number of nitrogens with zero attached hydrogens (tertiary/aromatic N) is 6. The molecule has 0 saturated carbocycles. The lowest BCUT2D eigenvalue weighted by Gasteiger charge is -2.22. The number of hydrogen-bond acceptors (Lipinski definition) is 4. The summed E-state index contributed by atoms with van der Waals surface area (Å²) < 4.78 is 4.49. The fourth-order valence-corrected chi connectivity index (χ4v) is 8.22. The molecule has 11 rings (SSSR count). The third-order valence-corrected chi connectivity index (χ3v) is 10.5. The predicted molar refractivity (Wildman–Crippen MR) is 217 cm³/mol. The number of para-hydroxylation sites is 2. The Balaban J connectivity index is 1.28. The number of aromatic nitrogens is 6. The van der Waals surface area contributed by atoms with E-state index in [4.69, 9.17) is 19.9 Å². The van der Waals surface area contributed by atoms with Crippen molar-refractivity contribution in [2.45, 2.75) is 0 Å². The Bertz CT molecular complexity index is 2840. The Hall–Kier alpha value is -7.44. The number of fused-ring (bicyclic) bond motifs is 12. The predicted octanol–water partition coefficient (Wildman–Crippen LogP) is 11.5. The van der Waals surface area contributed by atoms with Crippen LogP contribution in [0.4, 0.5) is 0 Å². The molecule has 0 aliphatic heterocycles. The van der Waals surface area contributed by atoms with E-state index in [-0.39, 0.29) is 0 Å². The summed E-state index contributed by atoms with van der Waals surface area (Å²) in [4.78, 5) is 20.4. The van der Waals surface area contributed by atoms with Crippen LogP contribution in [0.15, 0.2) is 182 Å². The van der Waals surface area contributed by atoms with Crippen LogP contribution in [-0.2, 0) is 0 Å². The molecule has 4 aromatic heterocycles. The molecule has 0 atom stereocenters. The van der Waals surface area contributed by atoms with Crippen molar-refractivity contribution in [1.29, 1.82) is 0 Å². The van der Waals surface area contributed by atoms with E-state index in [1.807, 2.05) is 60.9 Å². The van der Waals surface area contributed by atoms with Crippen molar-refractivity contribution in [3.8, 4) is 79.2 Å². The fraction of sp³-hybridized carbons (Fsp3) is 0. The van der Waals surface area contributed by atoms with E-state index in [9.17, 15) is 0 Å². The highest BCUT2D eigenvalue weighted by atomic mass is 15.2. The Morgan fingerprint density at radius 2 is 0.704 bits per heavy atom. The Kier molecular flexibility index (Phi) is 6.75. The van der Waals surface area contributed by atoms with Crippen LogP contribution in [-0.4, -0.2) is 29.1 Å². The first-order chi connectivity index (χ1) is 26.8. The van der Waals surface area contributed by atoms with Gasteiger partial charge < -0.3 is 0 Å². The summed E-state index contributed by atoms with van der Waals surface area (Å²) >= 11 is 0. The Morgan fingerprint density at radius 3 is 1.15 bits per heavy atom. The average molecular weight is 691 g/mol. The summed E-state index contributed by atoms with van der Waals surface area (Å²) in [5.41, 5.74) is 14.7. The maximum Gasteiger partial charge on any atom is 0.235 e. The summed E-state index contributed by atoms with van der Waals surface area (Å²) in [5, 5.41) is 2.27. The molecule has 6 heteroatoms. The number of hydrogen-bond donors (Lipinski definition) is 0. The zero-order valence-electron chi connectivity index (χ0n) is 29.0. The molecule has 0 N–H and O–H groups in total. The first-order valence-corrected chi connectivity index (χ1v) is 18.1. The van der Waals surface area contributed by atoms with E-state index in [1.165, 1.54) is 0 Å². The molecule has 1 aliphatic rings. The molecule has 0 radical (unpaired) electrons. The van der Waals surface area contributed by atoms with Crippen LogP contribution in [0.2, 0.25) is 0 Å². The van der Waals surface area contributed by atoms with Crippen LogP contribution in [0, 0.1) is 0 Å². The van der Waals surface area contributed by atoms with E-state index in [2.05, 4.69) is 130 Å². The molecule has 0 fully saturated rings. The molecule has 0 bridgehead atoms. The number of benzene rings is 6. The van der Waals surface area contributed by atoms with Gasteiger partial charge >= 0.3 is 0 Å². The fourth-order valence-electron chi connectivity index (χ4n) is 8.22. The van der Waals surface area contributed by atoms with Crippen molar-refractivity contribution < 1.29 is 0 Å². The van der Waals surface area contributed by atoms with Crippen LogP contribution < -0.4 is 0 Å². The maximum absolute atomic E-state index is 5.24. The minimum absolute atomic E-state index is 0.612. The quantitative estimate of drug-likeness (QED) is 0.184. The lowest BCUT2D eigenvalue weighted by atomic mass is 9.84. The topological polar surface area (TPSA) is 61.4 Å². The largest absolute Gasteiger partial charge is 0.277 e. The van der Waals surface area contributed by atoms with Crippen molar-refractivity contribution in [2.24, 2.45) is 0 Å². The van der Waals surface area contributed by atoms with Gasteiger partial charge in [-0.15, -0.1) is 0 Å². The molecule has 1 aliphatic carbocycles. The van der Waals surface area contributed by atoms with Gasteiger partial charge in [0.25, 0.3) is 0 Å². The van der Waals surface area contributed by atoms with E-state index in [0.717, 1.165) is 89.1 Å². The first-order valence-electron chi connectivity index (χ1n) is 18.1. The standard InChI is InChI=1S/C48H30N6/c1-3-15-31(16-4-1)39-27-29-49-47(51-39)53-41-25-13-11-23-37(41)43-33-19-7-8-20-34(33)44-38-24-12-14-26-42(38)54(46(44)36-22-10-9-21-35(36)45(43)53)48-50-30-28-40(52-48)32-17-5-2-6-18-32/h1-30H. The highest BCUT2D eigenvalue weighted by Gasteiger charge is 2.33. The van der Waals surface area contributed by atoms with Crippen molar-refractivity contribution in [1.82, 2.24) is 29.1 Å². The summed E-state index contributed by atoms with van der Waals surface area (Å²) in [6.45, 7) is 0. The van der Waals surface area contributed by atoms with Gasteiger partial charge in [0.2, 0.25) is 11.9 Å². The van der Waals surface area contributed by atoms with Crippen LogP contribution >= 0.6 is 0 Å². The van der Waals surface area contributed by atoms with E-state index in [1.54, 1.807) is 0 Å². The molecular formula is C48H30N6. The third-order valence-electron chi connectivity index (χ3n) is 10.5. The van der Waals surface area contributed by atoms with Crippen LogP contribution in [0.25, 0.3) is 101 Å². The van der Waals surface area contributed by atoms with Gasteiger partial charge in [-0.3, -0.25) is 9.13 Å². The van der Waals surface area contributed by atoms with Gasteiger partial charge in [-0.05, 0) is 35.4 Å². The maximum atomic E-state index is 5.24. The number of rotatable bonds is 4. The summed E-state index contributed by atoms with van der Waals surface area (Å²) in [7, 11) is 0. The normalized spacial score (nSPS) is 11.7. The van der Waals surface area contributed by atoms with Crippen molar-refractivity contribution in [3.63, 3.8) is 0 Å². The molecule has 252 valence electrons. The van der Waals surface area contributed by atoms with Gasteiger partial charge in [0.05, 0.1) is 33.8 Å². The van der Waals surface area contributed by atoms with Gasteiger partial charge in [-0.25, -0.2) is 19.9 Å². The van der Waals surface area contributed by atoms with E-state index >= 15 is 0 Å². The van der Waals surface area contributed by atoms with Gasteiger partial charge in [0.15, 0.2) is 0 Å². The highest BCUT2D eigenvalue weighted by Crippen LogP contribution is 2.54. The summed E-state index contributed by atoms with van der Waals surface area (Å²) in [6, 6.07) is 59.2. The minimum Gasteiger partial charge on any atom is -0.277 e. The lowest BCUT2D eigenvalue weighted by Crippen LogP contribution is -2.08. The average Bonchev–Trinajstić information content (AvgIpc) is 3.77. The Labute approximate surface area is 311 Å². The Morgan fingerprint density at radius 1 is 0.333 bits per heavy atom. The lowest BCUT2D eigenvalue weighted by molar-refractivity contribution is 0.965. The second-order valence-electron chi connectivity index (χ2n) is 13.5. The van der Waals surface area contributed by atoms with E-state index < -0.39 is 0 Å². The minimum atomic E-state index is 0.612. The SMILES string of the molecule is c1ccc(-c2ccnc(-n3c4c(c5ccccc53)-c3ccccc3-c3c(n(-c5nccc(-c6ccccc6)n5)c5ccccc35)-c3ccccc3-4)n2)cc1. The molecule has 4 heterocycles. The van der Waals surface area contributed by atoms with Gasteiger partial charge in [-0.1, -0.05) is 146 Å². The van der Waals surface area contributed by atoms with Crippen molar-refractivity contribution in [2.75, 3.05) is 0 Å². The molecule has 10 aromatic rings. The zero-order valence-corrected chi connectivity index (χ0v) is 29.0. The molecule has 0 amide bonds. The molecule has 54 heavy (non-hydrogen) atoms. The van der Waals surface area contributed by atoms with Crippen molar-refractivity contribution >= 4 is 21.8 Å². The molecular weight excluding hydrogens is 661 g/mol. The van der Waals surface area contributed by atoms with Crippen molar-refractivity contribution in [3.05, 3.63) is 182 Å². The molecule has 0 unspecified atom stereocenters. The summed E-state index contributed by atoms with van der Waals surface area (Å²) in [5.74, 6) is 1.22. The zero-order chi connectivity index (χ0) is 35.6. The van der Waals surface area contributed by atoms with E-state index in [0.29, 0.717) is 11.9 Å². The monoisotopic (exact) mass is 690 g/mol. The van der Waals surface area contributed by atoms with Crippen LogP contribution in [0.3, 0.4) is 0 Å².